The van der Waals surface area contributed by atoms with Gasteiger partial charge in [-0.3, -0.25) is 15.0 Å². The van der Waals surface area contributed by atoms with Gasteiger partial charge in [0.15, 0.2) is 5.75 Å². The summed E-state index contributed by atoms with van der Waals surface area (Å²) in [6, 6.07) is 9.17. The Morgan fingerprint density at radius 1 is 1.36 bits per heavy atom. The zero-order valence-corrected chi connectivity index (χ0v) is 13.0. The zero-order valence-electron chi connectivity index (χ0n) is 12.2. The quantitative estimate of drug-likeness (QED) is 0.599. The first-order chi connectivity index (χ1) is 10.8. The molecule has 3 rings (SSSR count). The SMILES string of the molecule is O=[N+]([O-])c1ccccc1OCCN1CCC[C@H]1c1ccsc1. The molecule has 1 saturated heterocycles. The van der Waals surface area contributed by atoms with Crippen LogP contribution < -0.4 is 4.74 Å². The Kier molecular flexibility index (Phi) is 4.70. The van der Waals surface area contributed by atoms with Gasteiger partial charge in [-0.1, -0.05) is 12.1 Å². The predicted molar refractivity (Wildman–Crippen MR) is 86.5 cm³/mol. The maximum absolute atomic E-state index is 11.0. The van der Waals surface area contributed by atoms with E-state index in [0.717, 1.165) is 13.1 Å². The van der Waals surface area contributed by atoms with E-state index in [1.807, 2.05) is 0 Å². The highest BCUT2D eigenvalue weighted by Gasteiger charge is 2.26. The molecule has 5 nitrogen and oxygen atoms in total. The largest absolute Gasteiger partial charge is 0.485 e. The topological polar surface area (TPSA) is 55.6 Å². The van der Waals surface area contributed by atoms with E-state index in [2.05, 4.69) is 21.7 Å². The van der Waals surface area contributed by atoms with Gasteiger partial charge in [0.2, 0.25) is 0 Å². The van der Waals surface area contributed by atoms with Crippen molar-refractivity contribution in [2.24, 2.45) is 0 Å². The van der Waals surface area contributed by atoms with Crippen LogP contribution in [0.15, 0.2) is 41.1 Å². The fraction of sp³-hybridized carbons (Fsp3) is 0.375. The molecule has 1 aromatic carbocycles. The van der Waals surface area contributed by atoms with Crippen molar-refractivity contribution >= 4 is 17.0 Å². The molecule has 0 radical (unpaired) electrons. The first kappa shape index (κ1) is 15.0. The lowest BCUT2D eigenvalue weighted by molar-refractivity contribution is -0.385. The number of likely N-dealkylation sites (tertiary alicyclic amines) is 1. The molecule has 0 bridgehead atoms. The summed E-state index contributed by atoms with van der Waals surface area (Å²) in [5.74, 6) is 0.346. The van der Waals surface area contributed by atoms with E-state index in [1.165, 1.54) is 24.5 Å². The number of hydrogen-bond donors (Lipinski definition) is 0. The van der Waals surface area contributed by atoms with Crippen molar-refractivity contribution < 1.29 is 9.66 Å². The van der Waals surface area contributed by atoms with E-state index in [0.29, 0.717) is 18.4 Å². The highest BCUT2D eigenvalue weighted by atomic mass is 32.1. The monoisotopic (exact) mass is 318 g/mol. The number of nitro benzene ring substituents is 1. The predicted octanol–water partition coefficient (Wildman–Crippen LogP) is 3.87. The molecule has 1 aliphatic rings. The summed E-state index contributed by atoms with van der Waals surface area (Å²) in [7, 11) is 0. The summed E-state index contributed by atoms with van der Waals surface area (Å²) in [4.78, 5) is 13.0. The molecule has 0 amide bonds. The molecule has 116 valence electrons. The second kappa shape index (κ2) is 6.89. The average Bonchev–Trinajstić information content (AvgIpc) is 3.18. The lowest BCUT2D eigenvalue weighted by Gasteiger charge is -2.23. The first-order valence-corrected chi connectivity index (χ1v) is 8.32. The number of rotatable bonds is 6. The summed E-state index contributed by atoms with van der Waals surface area (Å²) in [5, 5.41) is 15.3. The van der Waals surface area contributed by atoms with Gasteiger partial charge in [0.25, 0.3) is 0 Å². The van der Waals surface area contributed by atoms with E-state index < -0.39 is 4.92 Å². The van der Waals surface area contributed by atoms with Gasteiger partial charge in [-0.25, -0.2) is 0 Å². The molecule has 22 heavy (non-hydrogen) atoms. The molecule has 6 heteroatoms. The van der Waals surface area contributed by atoms with Crippen molar-refractivity contribution in [3.05, 3.63) is 56.8 Å². The van der Waals surface area contributed by atoms with Crippen molar-refractivity contribution in [2.75, 3.05) is 19.7 Å². The molecular weight excluding hydrogens is 300 g/mol. The van der Waals surface area contributed by atoms with Gasteiger partial charge in [-0.15, -0.1) is 0 Å². The summed E-state index contributed by atoms with van der Waals surface area (Å²) in [6.07, 6.45) is 2.36. The highest BCUT2D eigenvalue weighted by molar-refractivity contribution is 7.07. The number of benzene rings is 1. The molecule has 0 spiro atoms. The van der Waals surface area contributed by atoms with E-state index in [9.17, 15) is 10.1 Å². The number of ether oxygens (including phenoxy) is 1. The lowest BCUT2D eigenvalue weighted by Crippen LogP contribution is -2.28. The van der Waals surface area contributed by atoms with Gasteiger partial charge in [-0.05, 0) is 47.8 Å². The van der Waals surface area contributed by atoms with E-state index >= 15 is 0 Å². The molecule has 2 aromatic rings. The summed E-state index contributed by atoms with van der Waals surface area (Å²) in [6.45, 7) is 2.30. The Morgan fingerprint density at radius 2 is 2.23 bits per heavy atom. The molecule has 1 fully saturated rings. The van der Waals surface area contributed by atoms with Crippen LogP contribution in [0.1, 0.15) is 24.4 Å². The third-order valence-corrected chi connectivity index (χ3v) is 4.69. The average molecular weight is 318 g/mol. The third kappa shape index (κ3) is 3.28. The van der Waals surface area contributed by atoms with Crippen molar-refractivity contribution in [1.29, 1.82) is 0 Å². The van der Waals surface area contributed by atoms with Gasteiger partial charge < -0.3 is 4.74 Å². The van der Waals surface area contributed by atoms with Crippen molar-refractivity contribution in [3.8, 4) is 5.75 Å². The molecule has 1 aliphatic heterocycles. The first-order valence-electron chi connectivity index (χ1n) is 7.38. The molecular formula is C16H18N2O3S. The number of para-hydroxylation sites is 2. The Bertz CT molecular complexity index is 630. The molecule has 1 aromatic heterocycles. The Hall–Kier alpha value is -1.92. The molecule has 1 atom stereocenters. The van der Waals surface area contributed by atoms with E-state index in [4.69, 9.17) is 4.74 Å². The van der Waals surface area contributed by atoms with E-state index in [-0.39, 0.29) is 5.69 Å². The van der Waals surface area contributed by atoms with Gasteiger partial charge in [0.1, 0.15) is 6.61 Å². The van der Waals surface area contributed by atoms with Gasteiger partial charge in [0, 0.05) is 18.7 Å². The van der Waals surface area contributed by atoms with Crippen molar-refractivity contribution in [1.82, 2.24) is 4.90 Å². The Balaban J connectivity index is 1.58. The minimum absolute atomic E-state index is 0.0262. The van der Waals surface area contributed by atoms with Crippen LogP contribution in [0, 0.1) is 10.1 Å². The molecule has 0 aliphatic carbocycles. The third-order valence-electron chi connectivity index (χ3n) is 3.99. The number of nitrogens with zero attached hydrogens (tertiary/aromatic N) is 2. The van der Waals surface area contributed by atoms with Crippen LogP contribution in [0.3, 0.4) is 0 Å². The summed E-state index contributed by atoms with van der Waals surface area (Å²) in [5.41, 5.74) is 1.39. The normalized spacial score (nSPS) is 18.5. The van der Waals surface area contributed by atoms with Crippen LogP contribution in [0.5, 0.6) is 5.75 Å². The van der Waals surface area contributed by atoms with Crippen LogP contribution in [0.4, 0.5) is 5.69 Å². The second-order valence-electron chi connectivity index (χ2n) is 5.32. The minimum Gasteiger partial charge on any atom is -0.485 e. The van der Waals surface area contributed by atoms with Crippen LogP contribution in [-0.2, 0) is 0 Å². The smallest absolute Gasteiger partial charge is 0.310 e. The number of thiophene rings is 1. The Morgan fingerprint density at radius 3 is 3.00 bits per heavy atom. The molecule has 0 saturated carbocycles. The maximum atomic E-state index is 11.0. The lowest BCUT2D eigenvalue weighted by atomic mass is 10.1. The number of hydrogen-bond acceptors (Lipinski definition) is 5. The maximum Gasteiger partial charge on any atom is 0.310 e. The van der Waals surface area contributed by atoms with Gasteiger partial charge in [0.05, 0.1) is 4.92 Å². The molecule has 2 heterocycles. The fourth-order valence-electron chi connectivity index (χ4n) is 2.94. The highest BCUT2D eigenvalue weighted by Crippen LogP contribution is 2.33. The van der Waals surface area contributed by atoms with Crippen molar-refractivity contribution in [3.63, 3.8) is 0 Å². The molecule has 0 N–H and O–H groups in total. The number of nitro groups is 1. The summed E-state index contributed by atoms with van der Waals surface area (Å²) < 4.78 is 5.65. The van der Waals surface area contributed by atoms with Crippen LogP contribution in [0.2, 0.25) is 0 Å². The minimum atomic E-state index is -0.403. The van der Waals surface area contributed by atoms with E-state index in [1.54, 1.807) is 29.5 Å². The Labute approximate surface area is 133 Å². The van der Waals surface area contributed by atoms with Crippen LogP contribution in [0.25, 0.3) is 0 Å². The fourth-order valence-corrected chi connectivity index (χ4v) is 3.65. The van der Waals surface area contributed by atoms with Gasteiger partial charge in [-0.2, -0.15) is 11.3 Å². The summed E-state index contributed by atoms with van der Waals surface area (Å²) >= 11 is 1.72. The standard InChI is InChI=1S/C16H18N2O3S/c19-18(20)15-4-1-2-6-16(15)21-10-9-17-8-3-5-14(17)13-7-11-22-12-13/h1-2,4,6-7,11-12,14H,3,5,8-10H2/t14-/m0/s1. The second-order valence-corrected chi connectivity index (χ2v) is 6.10. The molecule has 0 unspecified atom stereocenters. The van der Waals surface area contributed by atoms with Crippen LogP contribution >= 0.6 is 11.3 Å². The van der Waals surface area contributed by atoms with Gasteiger partial charge >= 0.3 is 5.69 Å². The van der Waals surface area contributed by atoms with Crippen molar-refractivity contribution in [2.45, 2.75) is 18.9 Å². The zero-order chi connectivity index (χ0) is 15.4. The van der Waals surface area contributed by atoms with Crippen LogP contribution in [-0.4, -0.2) is 29.5 Å².